The lowest BCUT2D eigenvalue weighted by Crippen LogP contribution is -2.61. The van der Waals surface area contributed by atoms with Crippen LogP contribution in [0.5, 0.6) is 0 Å². The number of likely N-dealkylation sites (tertiary alicyclic amines) is 1. The summed E-state index contributed by atoms with van der Waals surface area (Å²) in [5.74, 6) is -0.457. The van der Waals surface area contributed by atoms with Crippen LogP contribution in [-0.4, -0.2) is 31.5 Å². The molecule has 4 nitrogen and oxygen atoms in total. The molecule has 1 saturated heterocycles. The number of hydrogen-bond donors (Lipinski definition) is 0. The molecule has 0 aliphatic carbocycles. The Morgan fingerprint density at radius 1 is 1.33 bits per heavy atom. The van der Waals surface area contributed by atoms with Crippen molar-refractivity contribution in [2.45, 2.75) is 13.5 Å². The molecule has 2 rings (SSSR count). The van der Waals surface area contributed by atoms with E-state index in [0.717, 1.165) is 5.56 Å². The zero-order valence-corrected chi connectivity index (χ0v) is 11.5. The van der Waals surface area contributed by atoms with E-state index in [1.54, 1.807) is 11.8 Å². The second kappa shape index (κ2) is 4.55. The Balaban J connectivity index is 2.00. The van der Waals surface area contributed by atoms with Crippen molar-refractivity contribution in [2.75, 3.05) is 12.3 Å². The van der Waals surface area contributed by atoms with E-state index in [2.05, 4.69) is 0 Å². The molecule has 18 heavy (non-hydrogen) atoms. The number of amides is 1. The molecule has 1 atom stereocenters. The molecule has 6 heteroatoms. The molecule has 98 valence electrons. The minimum absolute atomic E-state index is 0.157. The number of carbonyl (C=O) groups is 1. The topological polar surface area (TPSA) is 54.5 Å². The van der Waals surface area contributed by atoms with Gasteiger partial charge in [-0.3, -0.25) is 4.79 Å². The van der Waals surface area contributed by atoms with Crippen LogP contribution >= 0.6 is 10.7 Å². The Morgan fingerprint density at radius 3 is 2.44 bits per heavy atom. The summed E-state index contributed by atoms with van der Waals surface area (Å²) in [6.07, 6.45) is 0. The van der Waals surface area contributed by atoms with Crippen LogP contribution in [0, 0.1) is 5.41 Å². The first-order chi connectivity index (χ1) is 8.30. The summed E-state index contributed by atoms with van der Waals surface area (Å²) in [6, 6.07) is 9.58. The smallest absolute Gasteiger partial charge is 0.233 e. The van der Waals surface area contributed by atoms with Crippen molar-refractivity contribution in [1.29, 1.82) is 0 Å². The van der Waals surface area contributed by atoms with Crippen molar-refractivity contribution in [3.63, 3.8) is 0 Å². The third kappa shape index (κ3) is 2.84. The molecule has 1 fully saturated rings. The van der Waals surface area contributed by atoms with Gasteiger partial charge in [-0.05, 0) is 12.5 Å². The van der Waals surface area contributed by atoms with Crippen LogP contribution in [0.25, 0.3) is 0 Å². The summed E-state index contributed by atoms with van der Waals surface area (Å²) in [5.41, 5.74) is 0.164. The molecule has 1 unspecified atom stereocenters. The highest BCUT2D eigenvalue weighted by molar-refractivity contribution is 8.13. The Morgan fingerprint density at radius 2 is 1.94 bits per heavy atom. The molecule has 1 aromatic rings. The largest absolute Gasteiger partial charge is 0.337 e. The van der Waals surface area contributed by atoms with Crippen molar-refractivity contribution in [2.24, 2.45) is 5.41 Å². The van der Waals surface area contributed by atoms with Gasteiger partial charge in [0.25, 0.3) is 0 Å². The maximum absolute atomic E-state index is 12.0. The minimum Gasteiger partial charge on any atom is -0.337 e. The predicted octanol–water partition coefficient (Wildman–Crippen LogP) is 1.60. The second-order valence-corrected chi connectivity index (χ2v) is 7.67. The molecule has 1 aromatic carbocycles. The lowest BCUT2D eigenvalue weighted by atomic mass is 9.82. The standard InChI is InChI=1S/C12H14ClNO3S/c1-12(9-18(13,16)17)8-14(11(12)15)7-10-5-3-2-4-6-10/h2-6H,7-9H2,1H3. The quantitative estimate of drug-likeness (QED) is 0.624. The van der Waals surface area contributed by atoms with Gasteiger partial charge in [0.2, 0.25) is 15.0 Å². The maximum atomic E-state index is 12.0. The molecule has 0 aromatic heterocycles. The van der Waals surface area contributed by atoms with Gasteiger partial charge in [-0.25, -0.2) is 8.42 Å². The Labute approximate surface area is 111 Å². The van der Waals surface area contributed by atoms with Crippen LogP contribution in [0.3, 0.4) is 0 Å². The molecular formula is C12H14ClNO3S. The van der Waals surface area contributed by atoms with Crippen molar-refractivity contribution in [3.8, 4) is 0 Å². The molecule has 1 amide bonds. The third-order valence-electron chi connectivity index (χ3n) is 3.05. The normalized spacial score (nSPS) is 23.9. The van der Waals surface area contributed by atoms with Crippen LogP contribution < -0.4 is 0 Å². The van der Waals surface area contributed by atoms with E-state index in [9.17, 15) is 13.2 Å². The lowest BCUT2D eigenvalue weighted by Gasteiger charge is -2.46. The number of nitrogens with zero attached hydrogens (tertiary/aromatic N) is 1. The van der Waals surface area contributed by atoms with Gasteiger partial charge >= 0.3 is 0 Å². The monoisotopic (exact) mass is 287 g/mol. The zero-order chi connectivity index (χ0) is 13.4. The maximum Gasteiger partial charge on any atom is 0.233 e. The highest BCUT2D eigenvalue weighted by Gasteiger charge is 2.50. The number of carbonyl (C=O) groups excluding carboxylic acids is 1. The van der Waals surface area contributed by atoms with Crippen LogP contribution in [0.1, 0.15) is 12.5 Å². The first-order valence-corrected chi connectivity index (χ1v) is 8.04. The van der Waals surface area contributed by atoms with Crippen molar-refractivity contribution in [1.82, 2.24) is 4.90 Å². The van der Waals surface area contributed by atoms with E-state index in [1.165, 1.54) is 0 Å². The van der Waals surface area contributed by atoms with Gasteiger partial charge in [0.1, 0.15) is 0 Å². The summed E-state index contributed by atoms with van der Waals surface area (Å²) in [5, 5.41) is 0. The molecule has 0 radical (unpaired) electrons. The summed E-state index contributed by atoms with van der Waals surface area (Å²) >= 11 is 0. The minimum atomic E-state index is -3.65. The molecule has 0 N–H and O–H groups in total. The summed E-state index contributed by atoms with van der Waals surface area (Å²) in [7, 11) is 1.56. The van der Waals surface area contributed by atoms with Crippen LogP contribution in [0.4, 0.5) is 0 Å². The Kier molecular flexibility index (Phi) is 3.38. The summed E-state index contributed by atoms with van der Waals surface area (Å²) < 4.78 is 22.1. The number of rotatable bonds is 4. The molecule has 1 aliphatic heterocycles. The van der Waals surface area contributed by atoms with E-state index in [1.807, 2.05) is 30.3 Å². The third-order valence-corrected chi connectivity index (χ3v) is 4.36. The number of benzene rings is 1. The van der Waals surface area contributed by atoms with Crippen molar-refractivity contribution >= 4 is 25.6 Å². The first kappa shape index (κ1) is 13.4. The van der Waals surface area contributed by atoms with Gasteiger partial charge < -0.3 is 4.90 Å². The van der Waals surface area contributed by atoms with Gasteiger partial charge in [-0.2, -0.15) is 0 Å². The fraction of sp³-hybridized carbons (Fsp3) is 0.417. The molecule has 1 aliphatic rings. The van der Waals surface area contributed by atoms with Gasteiger partial charge in [0.05, 0.1) is 11.2 Å². The molecule has 1 heterocycles. The second-order valence-electron chi connectivity index (χ2n) is 4.89. The average molecular weight is 288 g/mol. The average Bonchev–Trinajstić information content (AvgIpc) is 2.27. The molecule has 0 spiro atoms. The van der Waals surface area contributed by atoms with Gasteiger partial charge in [0, 0.05) is 23.8 Å². The Hall–Kier alpha value is -1.07. The van der Waals surface area contributed by atoms with Crippen LogP contribution in [0.2, 0.25) is 0 Å². The molecule has 0 saturated carbocycles. The van der Waals surface area contributed by atoms with E-state index in [-0.39, 0.29) is 11.7 Å². The first-order valence-electron chi connectivity index (χ1n) is 5.56. The van der Waals surface area contributed by atoms with Crippen LogP contribution in [0.15, 0.2) is 30.3 Å². The van der Waals surface area contributed by atoms with E-state index in [0.29, 0.717) is 13.1 Å². The zero-order valence-electron chi connectivity index (χ0n) is 9.97. The lowest BCUT2D eigenvalue weighted by molar-refractivity contribution is -0.157. The van der Waals surface area contributed by atoms with E-state index in [4.69, 9.17) is 10.7 Å². The number of hydrogen-bond acceptors (Lipinski definition) is 3. The molecular weight excluding hydrogens is 274 g/mol. The number of β-lactam (4-membered cyclic amide) rings is 1. The van der Waals surface area contributed by atoms with Gasteiger partial charge in [0.15, 0.2) is 0 Å². The van der Waals surface area contributed by atoms with E-state index >= 15 is 0 Å². The summed E-state index contributed by atoms with van der Waals surface area (Å²) in [4.78, 5) is 13.6. The SMILES string of the molecule is CC1(CS(=O)(=O)Cl)CN(Cc2ccccc2)C1=O. The van der Waals surface area contributed by atoms with Crippen LogP contribution in [-0.2, 0) is 20.4 Å². The van der Waals surface area contributed by atoms with Gasteiger partial charge in [-0.15, -0.1) is 0 Å². The van der Waals surface area contributed by atoms with Crippen molar-refractivity contribution in [3.05, 3.63) is 35.9 Å². The highest BCUT2D eigenvalue weighted by Crippen LogP contribution is 2.34. The highest BCUT2D eigenvalue weighted by atomic mass is 35.7. The summed E-state index contributed by atoms with van der Waals surface area (Å²) in [6.45, 7) is 2.57. The number of halogens is 1. The molecule has 0 bridgehead atoms. The fourth-order valence-electron chi connectivity index (χ4n) is 2.27. The van der Waals surface area contributed by atoms with Crippen molar-refractivity contribution < 1.29 is 13.2 Å². The van der Waals surface area contributed by atoms with E-state index < -0.39 is 14.5 Å². The van der Waals surface area contributed by atoms with Gasteiger partial charge in [-0.1, -0.05) is 30.3 Å². The fourth-order valence-corrected chi connectivity index (χ4v) is 3.97. The predicted molar refractivity (Wildman–Crippen MR) is 69.6 cm³/mol. The Bertz CT molecular complexity index is 558.